The second kappa shape index (κ2) is 13.3. The third-order valence-corrected chi connectivity index (χ3v) is 5.05. The van der Waals surface area contributed by atoms with Crippen LogP contribution in [0.3, 0.4) is 0 Å². The molecule has 1 N–H and O–H groups in total. The van der Waals surface area contributed by atoms with E-state index in [4.69, 9.17) is 18.9 Å². The topological polar surface area (TPSA) is 74.2 Å². The molecule has 0 saturated heterocycles. The summed E-state index contributed by atoms with van der Waals surface area (Å²) in [5.41, 5.74) is 1.59. The van der Waals surface area contributed by atoms with Gasteiger partial charge in [0.05, 0.1) is 19.8 Å². The van der Waals surface area contributed by atoms with Crippen molar-refractivity contribution < 1.29 is 28.8 Å². The molecule has 3 rings (SSSR count). The smallest absolute Gasteiger partial charge is 0.339 e. The minimum Gasteiger partial charge on any atom is -0.493 e. The van der Waals surface area contributed by atoms with Crippen LogP contribution in [0.25, 0.3) is 0 Å². The van der Waals surface area contributed by atoms with Gasteiger partial charge in [-0.3, -0.25) is 0 Å². The Balaban J connectivity index is 1.46. The highest BCUT2D eigenvalue weighted by Crippen LogP contribution is 2.29. The van der Waals surface area contributed by atoms with E-state index in [-0.39, 0.29) is 6.61 Å². The highest BCUT2D eigenvalue weighted by molar-refractivity contribution is 5.76. The number of hydrogen-bond donors (Lipinski definition) is 1. The molecule has 1 atom stereocenters. The van der Waals surface area contributed by atoms with Gasteiger partial charge in [0.2, 0.25) is 0 Å². The van der Waals surface area contributed by atoms with Crippen molar-refractivity contribution in [3.63, 3.8) is 0 Å². The zero-order valence-electron chi connectivity index (χ0n) is 19.7. The molecule has 0 aromatic heterocycles. The molecule has 0 fully saturated rings. The molecule has 0 aliphatic rings. The van der Waals surface area contributed by atoms with Gasteiger partial charge in [0.25, 0.3) is 0 Å². The Morgan fingerprint density at radius 2 is 1.56 bits per heavy atom. The number of carbonyl (C=O) groups is 1. The Morgan fingerprint density at radius 1 is 0.853 bits per heavy atom. The van der Waals surface area contributed by atoms with E-state index in [9.17, 15) is 9.90 Å². The minimum atomic E-state index is -1.29. The van der Waals surface area contributed by atoms with E-state index in [0.29, 0.717) is 30.9 Å². The quantitative estimate of drug-likeness (QED) is 0.252. The van der Waals surface area contributed by atoms with Crippen molar-refractivity contribution in [3.05, 3.63) is 83.9 Å². The zero-order valence-corrected chi connectivity index (χ0v) is 19.7. The number of hydrogen-bond acceptors (Lipinski definition) is 6. The average molecular weight is 465 g/mol. The minimum absolute atomic E-state index is 0.227. The molecule has 180 valence electrons. The first-order chi connectivity index (χ1) is 16.6. The van der Waals surface area contributed by atoms with Crippen molar-refractivity contribution in [1.82, 2.24) is 0 Å². The Kier molecular flexibility index (Phi) is 9.80. The summed E-state index contributed by atoms with van der Waals surface area (Å²) in [4.78, 5) is 11.6. The molecule has 1 unspecified atom stereocenters. The number of carbonyl (C=O) groups excluding carboxylic acids is 1. The second-order valence-corrected chi connectivity index (χ2v) is 7.71. The fourth-order valence-electron chi connectivity index (χ4n) is 3.38. The van der Waals surface area contributed by atoms with Crippen LogP contribution in [0, 0.1) is 0 Å². The summed E-state index contributed by atoms with van der Waals surface area (Å²) in [7, 11) is 0. The lowest BCUT2D eigenvalue weighted by Gasteiger charge is -2.14. The van der Waals surface area contributed by atoms with Gasteiger partial charge >= 0.3 is 5.97 Å². The maximum Gasteiger partial charge on any atom is 0.339 e. The van der Waals surface area contributed by atoms with E-state index >= 15 is 0 Å². The van der Waals surface area contributed by atoms with Gasteiger partial charge in [0.1, 0.15) is 23.0 Å². The van der Waals surface area contributed by atoms with Crippen LogP contribution in [0.4, 0.5) is 0 Å². The van der Waals surface area contributed by atoms with E-state index in [1.165, 1.54) is 0 Å². The molecule has 3 aromatic rings. The lowest BCUT2D eigenvalue weighted by atomic mass is 10.1. The van der Waals surface area contributed by atoms with E-state index in [1.54, 1.807) is 31.2 Å². The number of aliphatic hydroxyl groups is 1. The van der Waals surface area contributed by atoms with Crippen molar-refractivity contribution in [1.29, 1.82) is 0 Å². The summed E-state index contributed by atoms with van der Waals surface area (Å²) >= 11 is 0. The zero-order chi connectivity index (χ0) is 24.2. The van der Waals surface area contributed by atoms with Gasteiger partial charge < -0.3 is 24.1 Å². The van der Waals surface area contributed by atoms with Crippen LogP contribution >= 0.6 is 0 Å². The number of rotatable bonds is 13. The van der Waals surface area contributed by atoms with Crippen molar-refractivity contribution in [2.24, 2.45) is 0 Å². The summed E-state index contributed by atoms with van der Waals surface area (Å²) in [6.45, 7) is 5.07. The largest absolute Gasteiger partial charge is 0.493 e. The molecule has 3 aromatic carbocycles. The van der Waals surface area contributed by atoms with Gasteiger partial charge in [0, 0.05) is 6.42 Å². The predicted molar refractivity (Wildman–Crippen MR) is 131 cm³/mol. The number of aliphatic hydroxyl groups excluding tert-OH is 1. The number of aryl methyl sites for hydroxylation is 1. The van der Waals surface area contributed by atoms with Gasteiger partial charge in [-0.1, -0.05) is 43.7 Å². The number of ether oxygens (including phenoxy) is 4. The predicted octanol–water partition coefficient (Wildman–Crippen LogP) is 5.88. The van der Waals surface area contributed by atoms with Crippen molar-refractivity contribution in [2.75, 3.05) is 19.8 Å². The summed E-state index contributed by atoms with van der Waals surface area (Å²) in [6, 6.07) is 22.4. The first kappa shape index (κ1) is 25.1. The Hall–Kier alpha value is -3.51. The Labute approximate surface area is 201 Å². The molecule has 0 bridgehead atoms. The van der Waals surface area contributed by atoms with Gasteiger partial charge in [-0.05, 0) is 66.9 Å². The molecule has 34 heavy (non-hydrogen) atoms. The van der Waals surface area contributed by atoms with Gasteiger partial charge in [0.15, 0.2) is 6.10 Å². The van der Waals surface area contributed by atoms with Crippen LogP contribution in [0.1, 0.15) is 43.9 Å². The fourth-order valence-corrected chi connectivity index (χ4v) is 3.38. The molecule has 0 amide bonds. The first-order valence-electron chi connectivity index (χ1n) is 11.7. The molecular formula is C28H32O6. The number of esters is 1. The Morgan fingerprint density at radius 3 is 2.26 bits per heavy atom. The van der Waals surface area contributed by atoms with Crippen LogP contribution in [-0.2, 0) is 16.0 Å². The van der Waals surface area contributed by atoms with Crippen LogP contribution < -0.4 is 14.2 Å². The van der Waals surface area contributed by atoms with Crippen LogP contribution in [0.15, 0.2) is 72.8 Å². The first-order valence-corrected chi connectivity index (χ1v) is 11.7. The van der Waals surface area contributed by atoms with Gasteiger partial charge in [-0.15, -0.1) is 0 Å². The lowest BCUT2D eigenvalue weighted by Crippen LogP contribution is -2.15. The second-order valence-electron chi connectivity index (χ2n) is 7.71. The maximum atomic E-state index is 11.6. The molecule has 6 nitrogen and oxygen atoms in total. The summed E-state index contributed by atoms with van der Waals surface area (Å²) in [6.07, 6.45) is 1.34. The molecule has 0 radical (unpaired) electrons. The summed E-state index contributed by atoms with van der Waals surface area (Å²) < 4.78 is 22.5. The normalized spacial score (nSPS) is 11.5. The van der Waals surface area contributed by atoms with Gasteiger partial charge in [-0.2, -0.15) is 0 Å². The van der Waals surface area contributed by atoms with Crippen LogP contribution in [0.2, 0.25) is 0 Å². The third kappa shape index (κ3) is 7.52. The monoisotopic (exact) mass is 464 g/mol. The van der Waals surface area contributed by atoms with Gasteiger partial charge in [-0.25, -0.2) is 4.79 Å². The highest BCUT2D eigenvalue weighted by atomic mass is 16.5. The van der Waals surface area contributed by atoms with Crippen LogP contribution in [-0.4, -0.2) is 30.9 Å². The molecular weight excluding hydrogens is 432 g/mol. The molecule has 0 aliphatic carbocycles. The van der Waals surface area contributed by atoms with Crippen molar-refractivity contribution in [2.45, 2.75) is 39.2 Å². The molecule has 6 heteroatoms. The fraction of sp³-hybridized carbons (Fsp3) is 0.321. The number of para-hydroxylation sites is 1. The summed E-state index contributed by atoms with van der Waals surface area (Å²) in [5.74, 6) is 2.46. The van der Waals surface area contributed by atoms with Crippen LogP contribution in [0.5, 0.6) is 23.0 Å². The van der Waals surface area contributed by atoms with Crippen molar-refractivity contribution >= 4 is 5.97 Å². The maximum absolute atomic E-state index is 11.6. The number of benzene rings is 3. The SMILES string of the molecule is CCCc1cc(Oc2ccccc2)ccc1OCCCOc1ccc(C(O)C(=O)OCC)cc1. The molecule has 0 aliphatic heterocycles. The van der Waals surface area contributed by atoms with E-state index in [1.807, 2.05) is 48.5 Å². The molecule has 0 saturated carbocycles. The Bertz CT molecular complexity index is 1020. The standard InChI is InChI=1S/C28H32O6/c1-3-9-22-20-25(34-24-10-6-5-7-11-24)16-17-26(22)33-19-8-18-32-23-14-12-21(13-15-23)27(29)28(30)31-4-2/h5-7,10-17,20,27,29H,3-4,8-9,18-19H2,1-2H3. The van der Waals surface area contributed by atoms with Crippen molar-refractivity contribution in [3.8, 4) is 23.0 Å². The van der Waals surface area contributed by atoms with E-state index in [2.05, 4.69) is 6.92 Å². The lowest BCUT2D eigenvalue weighted by molar-refractivity contribution is -0.153. The molecule has 0 spiro atoms. The third-order valence-electron chi connectivity index (χ3n) is 5.05. The van der Waals surface area contributed by atoms with E-state index in [0.717, 1.165) is 35.7 Å². The molecule has 0 heterocycles. The highest BCUT2D eigenvalue weighted by Gasteiger charge is 2.18. The van der Waals surface area contributed by atoms with E-state index < -0.39 is 12.1 Å². The average Bonchev–Trinajstić information content (AvgIpc) is 2.86. The summed E-state index contributed by atoms with van der Waals surface area (Å²) in [5, 5.41) is 9.98.